The van der Waals surface area contributed by atoms with E-state index in [1.54, 1.807) is 18.2 Å². The van der Waals surface area contributed by atoms with E-state index < -0.39 is 15.7 Å². The number of rotatable bonds is 4. The average molecular weight is 279 g/mol. The molecule has 0 radical (unpaired) electrons. The fraction of sp³-hybridized carbons (Fsp3) is 0.143. The standard InChI is InChI=1S/C14H14FNO2S/c15-13-5-7-14(8-6-13)19(17,18)10-12-4-2-1-3-11(12)9-16/h1-8H,9-10,16H2. The van der Waals surface area contributed by atoms with Gasteiger partial charge in [0.05, 0.1) is 10.6 Å². The minimum atomic E-state index is -3.48. The zero-order valence-electron chi connectivity index (χ0n) is 10.2. The monoisotopic (exact) mass is 279 g/mol. The molecule has 100 valence electrons. The normalized spacial score (nSPS) is 11.5. The molecule has 0 heterocycles. The lowest BCUT2D eigenvalue weighted by atomic mass is 10.1. The van der Waals surface area contributed by atoms with Crippen LogP contribution < -0.4 is 5.73 Å². The summed E-state index contributed by atoms with van der Waals surface area (Å²) >= 11 is 0. The maximum absolute atomic E-state index is 12.8. The minimum Gasteiger partial charge on any atom is -0.326 e. The van der Waals surface area contributed by atoms with Crippen LogP contribution in [0.25, 0.3) is 0 Å². The SMILES string of the molecule is NCc1ccccc1CS(=O)(=O)c1ccc(F)cc1. The molecule has 0 atom stereocenters. The number of sulfone groups is 1. The van der Waals surface area contributed by atoms with Crippen LogP contribution in [0.15, 0.2) is 53.4 Å². The van der Waals surface area contributed by atoms with Crippen LogP contribution in [-0.4, -0.2) is 8.42 Å². The third-order valence-electron chi connectivity index (χ3n) is 2.86. The van der Waals surface area contributed by atoms with Crippen molar-refractivity contribution >= 4 is 9.84 Å². The Morgan fingerprint density at radius 3 is 2.11 bits per heavy atom. The fourth-order valence-electron chi connectivity index (χ4n) is 1.83. The predicted octanol–water partition coefficient (Wildman–Crippen LogP) is 2.26. The summed E-state index contributed by atoms with van der Waals surface area (Å²) in [4.78, 5) is 0.112. The van der Waals surface area contributed by atoms with Crippen LogP contribution >= 0.6 is 0 Å². The van der Waals surface area contributed by atoms with Crippen molar-refractivity contribution in [3.05, 3.63) is 65.5 Å². The summed E-state index contributed by atoms with van der Waals surface area (Å²) in [5, 5.41) is 0. The highest BCUT2D eigenvalue weighted by atomic mass is 32.2. The molecule has 0 aliphatic carbocycles. The number of halogens is 1. The van der Waals surface area contributed by atoms with Gasteiger partial charge in [0.25, 0.3) is 0 Å². The molecule has 0 aliphatic rings. The van der Waals surface area contributed by atoms with E-state index in [0.29, 0.717) is 5.56 Å². The van der Waals surface area contributed by atoms with Gasteiger partial charge >= 0.3 is 0 Å². The molecule has 2 aromatic carbocycles. The predicted molar refractivity (Wildman–Crippen MR) is 71.6 cm³/mol. The Bertz CT molecular complexity index is 666. The van der Waals surface area contributed by atoms with Gasteiger partial charge in [-0.05, 0) is 35.4 Å². The van der Waals surface area contributed by atoms with Crippen molar-refractivity contribution in [3.8, 4) is 0 Å². The van der Waals surface area contributed by atoms with E-state index >= 15 is 0 Å². The van der Waals surface area contributed by atoms with Gasteiger partial charge in [-0.15, -0.1) is 0 Å². The van der Waals surface area contributed by atoms with Gasteiger partial charge in [0.2, 0.25) is 0 Å². The summed E-state index contributed by atoms with van der Waals surface area (Å²) in [6.45, 7) is 0.287. The van der Waals surface area contributed by atoms with Crippen molar-refractivity contribution in [2.75, 3.05) is 0 Å². The van der Waals surface area contributed by atoms with Gasteiger partial charge in [0.1, 0.15) is 5.82 Å². The molecule has 5 heteroatoms. The van der Waals surface area contributed by atoms with Crippen molar-refractivity contribution in [1.29, 1.82) is 0 Å². The smallest absolute Gasteiger partial charge is 0.182 e. The third kappa shape index (κ3) is 3.19. The molecule has 0 saturated carbocycles. The largest absolute Gasteiger partial charge is 0.326 e. The quantitative estimate of drug-likeness (QED) is 0.873. The molecule has 2 aromatic rings. The van der Waals surface area contributed by atoms with Crippen molar-refractivity contribution in [1.82, 2.24) is 0 Å². The Morgan fingerprint density at radius 1 is 0.947 bits per heavy atom. The van der Waals surface area contributed by atoms with Crippen LogP contribution in [0.5, 0.6) is 0 Å². The molecular weight excluding hydrogens is 265 g/mol. The summed E-state index contributed by atoms with van der Waals surface area (Å²) in [5.74, 6) is -0.590. The highest BCUT2D eigenvalue weighted by Gasteiger charge is 2.16. The van der Waals surface area contributed by atoms with Crippen LogP contribution in [0, 0.1) is 5.82 Å². The van der Waals surface area contributed by atoms with E-state index in [1.165, 1.54) is 12.1 Å². The number of hydrogen-bond donors (Lipinski definition) is 1. The Labute approximate surface area is 111 Å². The van der Waals surface area contributed by atoms with E-state index in [1.807, 2.05) is 6.07 Å². The highest BCUT2D eigenvalue weighted by molar-refractivity contribution is 7.90. The molecular formula is C14H14FNO2S. The van der Waals surface area contributed by atoms with E-state index in [2.05, 4.69) is 0 Å². The highest BCUT2D eigenvalue weighted by Crippen LogP contribution is 2.19. The molecule has 0 bridgehead atoms. The lowest BCUT2D eigenvalue weighted by Gasteiger charge is -2.08. The molecule has 0 unspecified atom stereocenters. The Hall–Kier alpha value is -1.72. The lowest BCUT2D eigenvalue weighted by Crippen LogP contribution is -2.09. The van der Waals surface area contributed by atoms with E-state index in [9.17, 15) is 12.8 Å². The van der Waals surface area contributed by atoms with Crippen LogP contribution in [-0.2, 0) is 22.1 Å². The first-order chi connectivity index (χ1) is 9.03. The maximum Gasteiger partial charge on any atom is 0.182 e. The molecule has 0 aromatic heterocycles. The van der Waals surface area contributed by atoms with Crippen molar-refractivity contribution in [2.24, 2.45) is 5.73 Å². The van der Waals surface area contributed by atoms with Gasteiger partial charge in [-0.1, -0.05) is 24.3 Å². The summed E-state index contributed by atoms with van der Waals surface area (Å²) in [5.41, 5.74) is 7.06. The lowest BCUT2D eigenvalue weighted by molar-refractivity contribution is 0.593. The van der Waals surface area contributed by atoms with Gasteiger partial charge < -0.3 is 5.73 Å². The van der Waals surface area contributed by atoms with Gasteiger partial charge in [0, 0.05) is 6.54 Å². The van der Waals surface area contributed by atoms with Crippen molar-refractivity contribution in [2.45, 2.75) is 17.2 Å². The minimum absolute atomic E-state index is 0.112. The third-order valence-corrected chi connectivity index (χ3v) is 4.54. The summed E-state index contributed by atoms with van der Waals surface area (Å²) < 4.78 is 37.2. The van der Waals surface area contributed by atoms with Crippen molar-refractivity contribution < 1.29 is 12.8 Å². The molecule has 3 nitrogen and oxygen atoms in total. The van der Waals surface area contributed by atoms with Crippen LogP contribution in [0.3, 0.4) is 0 Å². The Kier molecular flexibility index (Phi) is 3.97. The summed E-state index contributed by atoms with van der Waals surface area (Å²) in [6.07, 6.45) is 0. The molecule has 2 N–H and O–H groups in total. The maximum atomic E-state index is 12.8. The van der Waals surface area contributed by atoms with Crippen LogP contribution in [0.1, 0.15) is 11.1 Å². The number of hydrogen-bond acceptors (Lipinski definition) is 3. The van der Waals surface area contributed by atoms with Crippen LogP contribution in [0.4, 0.5) is 4.39 Å². The Morgan fingerprint density at radius 2 is 1.53 bits per heavy atom. The molecule has 0 spiro atoms. The van der Waals surface area contributed by atoms with E-state index in [4.69, 9.17) is 5.73 Å². The van der Waals surface area contributed by atoms with E-state index in [-0.39, 0.29) is 17.2 Å². The second-order valence-corrected chi connectivity index (χ2v) is 6.18. The first-order valence-electron chi connectivity index (χ1n) is 5.78. The second kappa shape index (κ2) is 5.50. The molecule has 2 rings (SSSR count). The molecule has 0 amide bonds. The molecule has 0 aliphatic heterocycles. The second-order valence-electron chi connectivity index (χ2n) is 4.19. The molecule has 0 fully saturated rings. The van der Waals surface area contributed by atoms with E-state index in [0.717, 1.165) is 17.7 Å². The zero-order chi connectivity index (χ0) is 13.9. The van der Waals surface area contributed by atoms with Gasteiger partial charge in [-0.25, -0.2) is 12.8 Å². The Balaban J connectivity index is 2.34. The first-order valence-corrected chi connectivity index (χ1v) is 7.43. The van der Waals surface area contributed by atoms with Gasteiger partial charge in [-0.2, -0.15) is 0 Å². The van der Waals surface area contributed by atoms with Gasteiger partial charge in [-0.3, -0.25) is 0 Å². The summed E-state index contributed by atoms with van der Waals surface area (Å²) in [6, 6.07) is 12.0. The first kappa shape index (κ1) is 13.7. The zero-order valence-corrected chi connectivity index (χ0v) is 11.0. The fourth-order valence-corrected chi connectivity index (χ4v) is 3.24. The van der Waals surface area contributed by atoms with Crippen molar-refractivity contribution in [3.63, 3.8) is 0 Å². The molecule has 19 heavy (non-hydrogen) atoms. The number of nitrogens with two attached hydrogens (primary N) is 1. The van der Waals surface area contributed by atoms with Crippen LogP contribution in [0.2, 0.25) is 0 Å². The van der Waals surface area contributed by atoms with Gasteiger partial charge in [0.15, 0.2) is 9.84 Å². The summed E-state index contributed by atoms with van der Waals surface area (Å²) in [7, 11) is -3.48. The topological polar surface area (TPSA) is 60.2 Å². The average Bonchev–Trinajstić information content (AvgIpc) is 2.39. The number of benzene rings is 2. The molecule has 0 saturated heterocycles.